The lowest BCUT2D eigenvalue weighted by atomic mass is 10.1. The number of hydrazone groups is 1. The number of aromatic nitrogens is 1. The molecular formula is C16H17N3O4S. The quantitative estimate of drug-likeness (QED) is 0.589. The second kappa shape index (κ2) is 8.21. The molecule has 0 aliphatic heterocycles. The van der Waals surface area contributed by atoms with Crippen molar-refractivity contribution in [3.05, 3.63) is 45.9 Å². The minimum absolute atomic E-state index is 0.184. The largest absolute Gasteiger partial charge is 0.482 e. The Kier molecular flexibility index (Phi) is 6.02. The van der Waals surface area contributed by atoms with Gasteiger partial charge in [-0.05, 0) is 43.7 Å². The molecule has 0 spiro atoms. The maximum Gasteiger partial charge on any atom is 0.341 e. The first-order valence-corrected chi connectivity index (χ1v) is 8.01. The number of carboxylic acids is 1. The van der Waals surface area contributed by atoms with Crippen LogP contribution in [0, 0.1) is 6.92 Å². The molecule has 0 unspecified atom stereocenters. The Labute approximate surface area is 143 Å². The van der Waals surface area contributed by atoms with Crippen LogP contribution in [0.3, 0.4) is 0 Å². The number of thiazole rings is 1. The van der Waals surface area contributed by atoms with Crippen LogP contribution >= 0.6 is 11.3 Å². The van der Waals surface area contributed by atoms with E-state index in [1.54, 1.807) is 31.2 Å². The zero-order valence-corrected chi connectivity index (χ0v) is 14.1. The highest BCUT2D eigenvalue weighted by Crippen LogP contribution is 2.13. The van der Waals surface area contributed by atoms with Gasteiger partial charge in [0.1, 0.15) is 5.75 Å². The molecule has 2 aromatic rings. The number of carboxylic acid groups (broad SMARTS) is 1. The van der Waals surface area contributed by atoms with Crippen LogP contribution in [-0.4, -0.2) is 34.3 Å². The van der Waals surface area contributed by atoms with Crippen molar-refractivity contribution in [1.29, 1.82) is 0 Å². The summed E-state index contributed by atoms with van der Waals surface area (Å²) in [5.41, 5.74) is 4.64. The van der Waals surface area contributed by atoms with Crippen molar-refractivity contribution in [1.82, 2.24) is 10.4 Å². The van der Waals surface area contributed by atoms with E-state index < -0.39 is 12.6 Å². The Morgan fingerprint density at radius 2 is 2.04 bits per heavy atom. The molecule has 0 radical (unpaired) electrons. The van der Waals surface area contributed by atoms with Crippen LogP contribution in [0.2, 0.25) is 0 Å². The average molecular weight is 347 g/mol. The Balaban J connectivity index is 1.90. The first-order chi connectivity index (χ1) is 11.4. The van der Waals surface area contributed by atoms with Gasteiger partial charge in [-0.15, -0.1) is 11.3 Å². The summed E-state index contributed by atoms with van der Waals surface area (Å²) in [5.74, 6) is -0.812. The molecule has 1 amide bonds. The molecule has 0 saturated heterocycles. The lowest BCUT2D eigenvalue weighted by Gasteiger charge is -2.05. The van der Waals surface area contributed by atoms with E-state index in [4.69, 9.17) is 9.84 Å². The number of rotatable bonds is 7. The summed E-state index contributed by atoms with van der Waals surface area (Å²) in [7, 11) is 0. The van der Waals surface area contributed by atoms with Gasteiger partial charge in [0.15, 0.2) is 6.61 Å². The summed E-state index contributed by atoms with van der Waals surface area (Å²) >= 11 is 1.50. The molecule has 0 saturated carbocycles. The van der Waals surface area contributed by atoms with Crippen LogP contribution in [0.4, 0.5) is 0 Å². The van der Waals surface area contributed by atoms with E-state index in [0.717, 1.165) is 16.3 Å². The minimum atomic E-state index is -1.03. The SMILES string of the molecule is C/C(=N/NC(=O)Cc1csc(C)n1)c1ccc(OCC(=O)O)cc1. The third-order valence-electron chi connectivity index (χ3n) is 2.99. The van der Waals surface area contributed by atoms with Gasteiger partial charge in [-0.25, -0.2) is 15.2 Å². The molecule has 126 valence electrons. The molecule has 7 nitrogen and oxygen atoms in total. The highest BCUT2D eigenvalue weighted by Gasteiger charge is 2.06. The summed E-state index contributed by atoms with van der Waals surface area (Å²) in [6.07, 6.45) is 0.184. The number of hydrogen-bond acceptors (Lipinski definition) is 6. The van der Waals surface area contributed by atoms with Gasteiger partial charge in [0.05, 0.1) is 22.8 Å². The van der Waals surface area contributed by atoms with Crippen LogP contribution in [-0.2, 0) is 16.0 Å². The van der Waals surface area contributed by atoms with Crippen LogP contribution in [0.1, 0.15) is 23.2 Å². The smallest absolute Gasteiger partial charge is 0.341 e. The van der Waals surface area contributed by atoms with Crippen molar-refractivity contribution in [2.75, 3.05) is 6.61 Å². The molecule has 8 heteroatoms. The fraction of sp³-hybridized carbons (Fsp3) is 0.250. The standard InChI is InChI=1S/C16H17N3O4S/c1-10(12-3-5-14(6-4-12)23-8-16(21)22)18-19-15(20)7-13-9-24-11(2)17-13/h3-6,9H,7-8H2,1-2H3,(H,19,20)(H,21,22)/b18-10-. The minimum Gasteiger partial charge on any atom is -0.482 e. The van der Waals surface area contributed by atoms with Gasteiger partial charge >= 0.3 is 5.97 Å². The van der Waals surface area contributed by atoms with Crippen molar-refractivity contribution in [2.45, 2.75) is 20.3 Å². The predicted octanol–water partition coefficient (Wildman–Crippen LogP) is 2.00. The molecule has 0 aliphatic carbocycles. The fourth-order valence-corrected chi connectivity index (χ4v) is 2.45. The molecule has 1 aromatic heterocycles. The van der Waals surface area contributed by atoms with Gasteiger partial charge in [0, 0.05) is 5.38 Å². The third-order valence-corrected chi connectivity index (χ3v) is 3.81. The van der Waals surface area contributed by atoms with Gasteiger partial charge in [-0.3, -0.25) is 4.79 Å². The van der Waals surface area contributed by atoms with E-state index in [9.17, 15) is 9.59 Å². The van der Waals surface area contributed by atoms with Gasteiger partial charge in [-0.1, -0.05) is 0 Å². The van der Waals surface area contributed by atoms with Gasteiger partial charge in [0.2, 0.25) is 5.91 Å². The van der Waals surface area contributed by atoms with Crippen LogP contribution in [0.25, 0.3) is 0 Å². The zero-order chi connectivity index (χ0) is 17.5. The first kappa shape index (κ1) is 17.6. The number of hydrogen-bond donors (Lipinski definition) is 2. The average Bonchev–Trinajstić information content (AvgIpc) is 2.96. The second-order valence-electron chi connectivity index (χ2n) is 4.97. The van der Waals surface area contributed by atoms with E-state index in [-0.39, 0.29) is 12.3 Å². The van der Waals surface area contributed by atoms with E-state index in [0.29, 0.717) is 11.5 Å². The monoisotopic (exact) mass is 347 g/mol. The Morgan fingerprint density at radius 1 is 1.33 bits per heavy atom. The van der Waals surface area contributed by atoms with Crippen molar-refractivity contribution in [3.8, 4) is 5.75 Å². The van der Waals surface area contributed by atoms with Gasteiger partial charge < -0.3 is 9.84 Å². The Hall–Kier alpha value is -2.74. The number of amides is 1. The molecular weight excluding hydrogens is 330 g/mol. The molecule has 1 aromatic carbocycles. The predicted molar refractivity (Wildman–Crippen MR) is 90.5 cm³/mol. The summed E-state index contributed by atoms with van der Waals surface area (Å²) < 4.78 is 5.05. The number of ether oxygens (including phenoxy) is 1. The summed E-state index contributed by atoms with van der Waals surface area (Å²) in [6, 6.07) is 6.78. The molecule has 24 heavy (non-hydrogen) atoms. The molecule has 2 N–H and O–H groups in total. The maximum absolute atomic E-state index is 11.8. The number of benzene rings is 1. The second-order valence-corrected chi connectivity index (χ2v) is 6.04. The lowest BCUT2D eigenvalue weighted by Crippen LogP contribution is -2.21. The first-order valence-electron chi connectivity index (χ1n) is 7.13. The zero-order valence-electron chi connectivity index (χ0n) is 13.3. The van der Waals surface area contributed by atoms with Gasteiger partial charge in [-0.2, -0.15) is 5.10 Å². The molecule has 0 fully saturated rings. The van der Waals surface area contributed by atoms with Crippen LogP contribution < -0.4 is 10.2 Å². The fourth-order valence-electron chi connectivity index (χ4n) is 1.84. The molecule has 1 heterocycles. The van der Waals surface area contributed by atoms with Crippen molar-refractivity contribution < 1.29 is 19.4 Å². The number of aliphatic carboxylic acids is 1. The topological polar surface area (TPSA) is 101 Å². The summed E-state index contributed by atoms with van der Waals surface area (Å²) in [6.45, 7) is 3.26. The van der Waals surface area contributed by atoms with E-state index in [2.05, 4.69) is 15.5 Å². The van der Waals surface area contributed by atoms with E-state index >= 15 is 0 Å². The normalized spacial score (nSPS) is 11.2. The molecule has 2 rings (SSSR count). The number of nitrogens with zero attached hydrogens (tertiary/aromatic N) is 2. The molecule has 0 atom stereocenters. The molecule has 0 aliphatic rings. The highest BCUT2D eigenvalue weighted by atomic mass is 32.1. The van der Waals surface area contributed by atoms with Crippen molar-refractivity contribution in [2.24, 2.45) is 5.10 Å². The third kappa shape index (κ3) is 5.47. The summed E-state index contributed by atoms with van der Waals surface area (Å²) in [5, 5.41) is 15.4. The highest BCUT2D eigenvalue weighted by molar-refractivity contribution is 7.09. The number of aryl methyl sites for hydroxylation is 1. The van der Waals surface area contributed by atoms with E-state index in [1.165, 1.54) is 11.3 Å². The van der Waals surface area contributed by atoms with E-state index in [1.807, 2.05) is 12.3 Å². The Morgan fingerprint density at radius 3 is 2.62 bits per heavy atom. The number of carbonyl (C=O) groups excluding carboxylic acids is 1. The molecule has 0 bridgehead atoms. The maximum atomic E-state index is 11.8. The number of nitrogens with one attached hydrogen (secondary N) is 1. The summed E-state index contributed by atoms with van der Waals surface area (Å²) in [4.78, 5) is 26.5. The van der Waals surface area contributed by atoms with Crippen molar-refractivity contribution in [3.63, 3.8) is 0 Å². The van der Waals surface area contributed by atoms with Crippen molar-refractivity contribution >= 4 is 28.9 Å². The Bertz CT molecular complexity index is 753. The van der Waals surface area contributed by atoms with Crippen LogP contribution in [0.15, 0.2) is 34.7 Å². The van der Waals surface area contributed by atoms with Crippen LogP contribution in [0.5, 0.6) is 5.75 Å². The number of carbonyl (C=O) groups is 2. The van der Waals surface area contributed by atoms with Gasteiger partial charge in [0.25, 0.3) is 0 Å². The lowest BCUT2D eigenvalue weighted by molar-refractivity contribution is -0.139.